The van der Waals surface area contributed by atoms with Crippen LogP contribution >= 0.6 is 0 Å². The second kappa shape index (κ2) is 5.12. The van der Waals surface area contributed by atoms with Gasteiger partial charge in [-0.1, -0.05) is 25.1 Å². The molecule has 0 radical (unpaired) electrons. The minimum absolute atomic E-state index is 0.00505. The first kappa shape index (κ1) is 11.1. The van der Waals surface area contributed by atoms with Gasteiger partial charge in [-0.15, -0.1) is 0 Å². The van der Waals surface area contributed by atoms with Gasteiger partial charge in [-0.25, -0.2) is 0 Å². The number of amides is 1. The van der Waals surface area contributed by atoms with Crippen LogP contribution < -0.4 is 5.32 Å². The Labute approximate surface area is 95.8 Å². The van der Waals surface area contributed by atoms with Crippen molar-refractivity contribution >= 4 is 5.91 Å². The average Bonchev–Trinajstić information content (AvgIpc) is 2.77. The lowest BCUT2D eigenvalue weighted by atomic mass is 10.1. The molecule has 0 bridgehead atoms. The number of hydrogen-bond donors (Lipinski definition) is 1. The monoisotopic (exact) mass is 219 g/mol. The molecular formula is C13H17NO2. The molecule has 1 saturated heterocycles. The van der Waals surface area contributed by atoms with E-state index < -0.39 is 0 Å². The molecule has 16 heavy (non-hydrogen) atoms. The number of hydrogen-bond acceptors (Lipinski definition) is 2. The summed E-state index contributed by atoms with van der Waals surface area (Å²) in [7, 11) is 0. The van der Waals surface area contributed by atoms with Gasteiger partial charge in [0.25, 0.3) is 5.91 Å². The zero-order valence-corrected chi connectivity index (χ0v) is 9.48. The number of nitrogens with one attached hydrogen (secondary N) is 1. The van der Waals surface area contributed by atoms with Gasteiger partial charge in [0.15, 0.2) is 0 Å². The molecule has 2 rings (SSSR count). The lowest BCUT2D eigenvalue weighted by molar-refractivity contribution is 0.0809. The Bertz CT molecular complexity index is 350. The van der Waals surface area contributed by atoms with E-state index in [4.69, 9.17) is 4.74 Å². The van der Waals surface area contributed by atoms with Gasteiger partial charge in [0.05, 0.1) is 12.1 Å². The molecule has 3 nitrogen and oxygen atoms in total. The van der Waals surface area contributed by atoms with Gasteiger partial charge in [-0.3, -0.25) is 4.79 Å². The molecule has 1 unspecified atom stereocenters. The maximum atomic E-state index is 11.9. The van der Waals surface area contributed by atoms with Gasteiger partial charge >= 0.3 is 0 Å². The Hall–Kier alpha value is -1.35. The normalized spacial score (nSPS) is 24.3. The summed E-state index contributed by atoms with van der Waals surface area (Å²) < 4.78 is 5.54. The summed E-state index contributed by atoms with van der Waals surface area (Å²) in [5, 5.41) is 3.03. The molecule has 1 amide bonds. The van der Waals surface area contributed by atoms with Crippen LogP contribution in [0, 0.1) is 0 Å². The van der Waals surface area contributed by atoms with Crippen LogP contribution in [0.1, 0.15) is 30.1 Å². The molecule has 3 heteroatoms. The van der Waals surface area contributed by atoms with Crippen molar-refractivity contribution < 1.29 is 9.53 Å². The maximum Gasteiger partial charge on any atom is 0.251 e. The molecule has 86 valence electrons. The average molecular weight is 219 g/mol. The van der Waals surface area contributed by atoms with Crippen LogP contribution in [0.15, 0.2) is 30.3 Å². The molecule has 1 aromatic carbocycles. The first-order valence-electron chi connectivity index (χ1n) is 5.78. The van der Waals surface area contributed by atoms with Crippen molar-refractivity contribution in [1.29, 1.82) is 0 Å². The molecule has 0 aliphatic carbocycles. The Balaban J connectivity index is 1.97. The van der Waals surface area contributed by atoms with E-state index >= 15 is 0 Å². The van der Waals surface area contributed by atoms with E-state index in [0.29, 0.717) is 5.56 Å². The Morgan fingerprint density at radius 2 is 2.19 bits per heavy atom. The molecule has 1 aliphatic rings. The fourth-order valence-electron chi connectivity index (χ4n) is 2.06. The van der Waals surface area contributed by atoms with E-state index in [1.807, 2.05) is 30.3 Å². The van der Waals surface area contributed by atoms with Crippen LogP contribution in [0.5, 0.6) is 0 Å². The highest BCUT2D eigenvalue weighted by Crippen LogP contribution is 2.16. The van der Waals surface area contributed by atoms with Gasteiger partial charge in [-0.2, -0.15) is 0 Å². The van der Waals surface area contributed by atoms with Crippen LogP contribution in [-0.4, -0.2) is 24.7 Å². The van der Waals surface area contributed by atoms with Gasteiger partial charge < -0.3 is 10.1 Å². The zero-order chi connectivity index (χ0) is 11.4. The predicted molar refractivity (Wildman–Crippen MR) is 62.3 cm³/mol. The maximum absolute atomic E-state index is 11.9. The topological polar surface area (TPSA) is 38.3 Å². The lowest BCUT2D eigenvalue weighted by Crippen LogP contribution is -2.40. The van der Waals surface area contributed by atoms with Crippen LogP contribution in [0.4, 0.5) is 0 Å². The fourth-order valence-corrected chi connectivity index (χ4v) is 2.06. The van der Waals surface area contributed by atoms with Crippen LogP contribution in [-0.2, 0) is 4.74 Å². The Morgan fingerprint density at radius 1 is 1.44 bits per heavy atom. The number of rotatable bonds is 3. The second-order valence-electron chi connectivity index (χ2n) is 4.05. The summed E-state index contributed by atoms with van der Waals surface area (Å²) in [6.07, 6.45) is 2.03. The van der Waals surface area contributed by atoms with Crippen molar-refractivity contribution in [2.75, 3.05) is 6.61 Å². The second-order valence-corrected chi connectivity index (χ2v) is 4.05. The third-order valence-electron chi connectivity index (χ3n) is 2.96. The number of benzene rings is 1. The van der Waals surface area contributed by atoms with E-state index in [-0.39, 0.29) is 18.1 Å². The lowest BCUT2D eigenvalue weighted by Gasteiger charge is -2.18. The zero-order valence-electron chi connectivity index (χ0n) is 9.48. The highest BCUT2D eigenvalue weighted by Gasteiger charge is 2.28. The summed E-state index contributed by atoms with van der Waals surface area (Å²) in [5.41, 5.74) is 0.712. The predicted octanol–water partition coefficient (Wildman–Crippen LogP) is 1.98. The number of ether oxygens (including phenoxy) is 1. The summed E-state index contributed by atoms with van der Waals surface area (Å²) in [6.45, 7) is 2.83. The van der Waals surface area contributed by atoms with Gasteiger partial charge in [0, 0.05) is 12.2 Å². The number of carbonyl (C=O) groups excluding carboxylic acids is 1. The van der Waals surface area contributed by atoms with Gasteiger partial charge in [-0.05, 0) is 25.0 Å². The van der Waals surface area contributed by atoms with Crippen molar-refractivity contribution in [3.8, 4) is 0 Å². The van der Waals surface area contributed by atoms with E-state index in [9.17, 15) is 4.79 Å². The molecular weight excluding hydrogens is 202 g/mol. The largest absolute Gasteiger partial charge is 0.376 e. The Kier molecular flexibility index (Phi) is 3.57. The molecule has 0 spiro atoms. The third kappa shape index (κ3) is 2.42. The van der Waals surface area contributed by atoms with Crippen molar-refractivity contribution in [2.45, 2.75) is 31.9 Å². The minimum Gasteiger partial charge on any atom is -0.376 e. The standard InChI is InChI=1S/C13H17NO2/c1-2-12-11(8-9-16-12)14-13(15)10-6-4-3-5-7-10/h3-7,11-12H,2,8-9H2,1H3,(H,14,15)/t11?,12-/m0/s1. The van der Waals surface area contributed by atoms with E-state index in [0.717, 1.165) is 19.4 Å². The molecule has 1 aromatic rings. The smallest absolute Gasteiger partial charge is 0.251 e. The Morgan fingerprint density at radius 3 is 2.88 bits per heavy atom. The number of carbonyl (C=O) groups is 1. The van der Waals surface area contributed by atoms with Crippen molar-refractivity contribution in [3.63, 3.8) is 0 Å². The first-order valence-corrected chi connectivity index (χ1v) is 5.78. The van der Waals surface area contributed by atoms with Crippen molar-refractivity contribution in [1.82, 2.24) is 5.32 Å². The van der Waals surface area contributed by atoms with Crippen LogP contribution in [0.25, 0.3) is 0 Å². The van der Waals surface area contributed by atoms with Crippen molar-refractivity contribution in [2.24, 2.45) is 0 Å². The minimum atomic E-state index is -0.00505. The summed E-state index contributed by atoms with van der Waals surface area (Å²) in [4.78, 5) is 11.9. The van der Waals surface area contributed by atoms with E-state index in [2.05, 4.69) is 12.2 Å². The molecule has 1 fully saturated rings. The SMILES string of the molecule is CC[C@@H]1OCCC1NC(=O)c1ccccc1. The summed E-state index contributed by atoms with van der Waals surface area (Å²) in [6, 6.07) is 9.47. The molecule has 0 saturated carbocycles. The molecule has 1 heterocycles. The van der Waals surface area contributed by atoms with Gasteiger partial charge in [0.1, 0.15) is 0 Å². The van der Waals surface area contributed by atoms with E-state index in [1.165, 1.54) is 0 Å². The summed E-state index contributed by atoms with van der Waals surface area (Å²) >= 11 is 0. The third-order valence-corrected chi connectivity index (χ3v) is 2.96. The first-order chi connectivity index (χ1) is 7.81. The molecule has 1 aliphatic heterocycles. The molecule has 0 aromatic heterocycles. The highest BCUT2D eigenvalue weighted by atomic mass is 16.5. The molecule has 2 atom stereocenters. The van der Waals surface area contributed by atoms with Gasteiger partial charge in [0.2, 0.25) is 0 Å². The fraction of sp³-hybridized carbons (Fsp3) is 0.462. The molecule has 1 N–H and O–H groups in total. The summed E-state index contributed by atoms with van der Waals surface area (Å²) in [5.74, 6) is -0.00505. The van der Waals surface area contributed by atoms with Crippen molar-refractivity contribution in [3.05, 3.63) is 35.9 Å². The van der Waals surface area contributed by atoms with Crippen LogP contribution in [0.3, 0.4) is 0 Å². The van der Waals surface area contributed by atoms with E-state index in [1.54, 1.807) is 0 Å². The van der Waals surface area contributed by atoms with Crippen LogP contribution in [0.2, 0.25) is 0 Å². The highest BCUT2D eigenvalue weighted by molar-refractivity contribution is 5.94. The quantitative estimate of drug-likeness (QED) is 0.844.